The summed E-state index contributed by atoms with van der Waals surface area (Å²) in [5, 5.41) is 1.25. The van der Waals surface area contributed by atoms with E-state index in [4.69, 9.17) is 0 Å². The monoisotopic (exact) mass is 320 g/mol. The van der Waals surface area contributed by atoms with Crippen molar-refractivity contribution in [3.05, 3.63) is 36.0 Å². The Morgan fingerprint density at radius 2 is 2.00 bits per heavy atom. The first kappa shape index (κ1) is 15.6. The molecule has 0 atom stereocenters. The third kappa shape index (κ3) is 2.92. The van der Waals surface area contributed by atoms with Crippen LogP contribution in [0.2, 0.25) is 0 Å². The maximum atomic E-state index is 12.0. The first-order valence-corrected chi connectivity index (χ1v) is 9.64. The summed E-state index contributed by atoms with van der Waals surface area (Å²) in [5.74, 6) is 0.231. The van der Waals surface area contributed by atoms with E-state index < -0.39 is 10.0 Å². The summed E-state index contributed by atoms with van der Waals surface area (Å²) < 4.78 is 29.1. The molecule has 5 heteroatoms. The smallest absolute Gasteiger partial charge is 0.211 e. The maximum Gasteiger partial charge on any atom is 0.211 e. The minimum Gasteiger partial charge on any atom is -0.350 e. The van der Waals surface area contributed by atoms with Crippen LogP contribution in [0.4, 0.5) is 0 Å². The topological polar surface area (TPSA) is 51.1 Å². The van der Waals surface area contributed by atoms with Crippen molar-refractivity contribution in [2.45, 2.75) is 38.0 Å². The summed E-state index contributed by atoms with van der Waals surface area (Å²) >= 11 is 0. The van der Waals surface area contributed by atoms with E-state index in [0.29, 0.717) is 6.54 Å². The zero-order valence-electron chi connectivity index (χ0n) is 13.3. The van der Waals surface area contributed by atoms with Crippen LogP contribution in [0, 0.1) is 0 Å². The second-order valence-electron chi connectivity index (χ2n) is 6.44. The molecule has 1 aromatic carbocycles. The predicted octanol–water partition coefficient (Wildman–Crippen LogP) is 2.93. The molecular weight excluding hydrogens is 296 g/mol. The maximum absolute atomic E-state index is 12.0. The zero-order valence-corrected chi connectivity index (χ0v) is 14.1. The van der Waals surface area contributed by atoms with Crippen molar-refractivity contribution in [3.63, 3.8) is 0 Å². The van der Waals surface area contributed by atoms with E-state index in [-0.39, 0.29) is 11.2 Å². The second kappa shape index (κ2) is 5.70. The summed E-state index contributed by atoms with van der Waals surface area (Å²) in [7, 11) is -1.10. The fraction of sp³-hybridized carbons (Fsp3) is 0.529. The van der Waals surface area contributed by atoms with Crippen LogP contribution in [-0.2, 0) is 22.5 Å². The van der Waals surface area contributed by atoms with Gasteiger partial charge in [0, 0.05) is 36.1 Å². The van der Waals surface area contributed by atoms with Gasteiger partial charge < -0.3 is 4.57 Å². The number of nitrogens with one attached hydrogen (secondary N) is 1. The highest BCUT2D eigenvalue weighted by molar-refractivity contribution is 7.89. The lowest BCUT2D eigenvalue weighted by molar-refractivity contribution is 0.564. The van der Waals surface area contributed by atoms with Gasteiger partial charge in [0.15, 0.2) is 0 Å². The normalized spacial score (nSPS) is 17.0. The number of para-hydroxylation sites is 1. The predicted molar refractivity (Wildman–Crippen MR) is 90.5 cm³/mol. The average molecular weight is 320 g/mol. The molecule has 1 N–H and O–H groups in total. The molecule has 0 spiro atoms. The molecule has 1 saturated carbocycles. The first-order valence-electron chi connectivity index (χ1n) is 7.99. The van der Waals surface area contributed by atoms with Crippen LogP contribution in [-0.4, -0.2) is 25.3 Å². The van der Waals surface area contributed by atoms with Gasteiger partial charge in [-0.3, -0.25) is 0 Å². The van der Waals surface area contributed by atoms with Crippen LogP contribution in [0.1, 0.15) is 38.2 Å². The van der Waals surface area contributed by atoms with E-state index in [2.05, 4.69) is 27.6 Å². The van der Waals surface area contributed by atoms with Crippen LogP contribution < -0.4 is 4.72 Å². The van der Waals surface area contributed by atoms with Crippen molar-refractivity contribution in [2.24, 2.45) is 7.05 Å². The number of hydrogen-bond acceptors (Lipinski definition) is 2. The Morgan fingerprint density at radius 1 is 1.27 bits per heavy atom. The second-order valence-corrected chi connectivity index (χ2v) is 8.37. The molecular formula is C17H24N2O2S. The summed E-state index contributed by atoms with van der Waals surface area (Å²) in [6.45, 7) is 2.53. The summed E-state index contributed by atoms with van der Waals surface area (Å²) in [6, 6.07) is 8.34. The van der Waals surface area contributed by atoms with Gasteiger partial charge >= 0.3 is 0 Å². The summed E-state index contributed by atoms with van der Waals surface area (Å²) in [5.41, 5.74) is 2.47. The Morgan fingerprint density at radius 3 is 2.68 bits per heavy atom. The Bertz CT molecular complexity index is 773. The van der Waals surface area contributed by atoms with Gasteiger partial charge in [-0.25, -0.2) is 13.1 Å². The van der Waals surface area contributed by atoms with E-state index in [1.165, 1.54) is 16.5 Å². The van der Waals surface area contributed by atoms with Crippen LogP contribution in [0.5, 0.6) is 0 Å². The minimum atomic E-state index is -3.15. The largest absolute Gasteiger partial charge is 0.350 e. The van der Waals surface area contributed by atoms with Gasteiger partial charge in [-0.2, -0.15) is 0 Å². The van der Waals surface area contributed by atoms with Crippen molar-refractivity contribution in [2.75, 3.05) is 12.3 Å². The number of rotatable bonds is 7. The number of nitrogens with zero attached hydrogens (tertiary/aromatic N) is 1. The summed E-state index contributed by atoms with van der Waals surface area (Å²) in [6.07, 6.45) is 5.89. The standard InChI is InChI=1S/C17H24N2O2S/c1-3-4-11-22(20,21)18-13-17(9-10-17)15-12-19(2)16-8-6-5-7-14(15)16/h5-8,12,18H,3-4,9-11,13H2,1-2H3. The molecule has 1 aromatic heterocycles. The van der Waals surface area contributed by atoms with Crippen molar-refractivity contribution >= 4 is 20.9 Å². The molecule has 0 amide bonds. The van der Waals surface area contributed by atoms with Crippen LogP contribution in [0.3, 0.4) is 0 Å². The van der Waals surface area contributed by atoms with Crippen molar-refractivity contribution in [1.29, 1.82) is 0 Å². The number of hydrogen-bond donors (Lipinski definition) is 1. The average Bonchev–Trinajstić information content (AvgIpc) is 3.23. The lowest BCUT2D eigenvalue weighted by Crippen LogP contribution is -2.33. The van der Waals surface area contributed by atoms with Crippen LogP contribution in [0.15, 0.2) is 30.5 Å². The van der Waals surface area contributed by atoms with Gasteiger partial charge in [-0.05, 0) is 30.9 Å². The van der Waals surface area contributed by atoms with E-state index in [9.17, 15) is 8.42 Å². The number of benzene rings is 1. The highest BCUT2D eigenvalue weighted by atomic mass is 32.2. The molecule has 2 aromatic rings. The number of aryl methyl sites for hydroxylation is 1. The van der Waals surface area contributed by atoms with Gasteiger partial charge in [-0.1, -0.05) is 31.5 Å². The highest BCUT2D eigenvalue weighted by Gasteiger charge is 2.46. The molecule has 0 bridgehead atoms. The van der Waals surface area contributed by atoms with Crippen molar-refractivity contribution in [1.82, 2.24) is 9.29 Å². The van der Waals surface area contributed by atoms with E-state index in [0.717, 1.165) is 25.7 Å². The minimum absolute atomic E-state index is 0.0137. The molecule has 1 aliphatic rings. The molecule has 0 unspecified atom stereocenters. The molecule has 120 valence electrons. The fourth-order valence-electron chi connectivity index (χ4n) is 3.11. The molecule has 1 fully saturated rings. The Hall–Kier alpha value is -1.33. The molecule has 0 radical (unpaired) electrons. The van der Waals surface area contributed by atoms with E-state index >= 15 is 0 Å². The van der Waals surface area contributed by atoms with Crippen molar-refractivity contribution in [3.8, 4) is 0 Å². The lowest BCUT2D eigenvalue weighted by atomic mass is 9.96. The molecule has 3 rings (SSSR count). The molecule has 0 aliphatic heterocycles. The zero-order chi connectivity index (χ0) is 15.8. The van der Waals surface area contributed by atoms with Gasteiger partial charge in [-0.15, -0.1) is 0 Å². The Kier molecular flexibility index (Phi) is 4.03. The molecule has 1 heterocycles. The Labute approximate surface area is 132 Å². The quantitative estimate of drug-likeness (QED) is 0.853. The van der Waals surface area contributed by atoms with Crippen LogP contribution in [0.25, 0.3) is 10.9 Å². The number of fused-ring (bicyclic) bond motifs is 1. The van der Waals surface area contributed by atoms with Gasteiger partial charge in [0.1, 0.15) is 0 Å². The lowest BCUT2D eigenvalue weighted by Gasteiger charge is -2.16. The molecule has 1 aliphatic carbocycles. The fourth-order valence-corrected chi connectivity index (χ4v) is 4.42. The van der Waals surface area contributed by atoms with E-state index in [1.54, 1.807) is 0 Å². The molecule has 22 heavy (non-hydrogen) atoms. The molecule has 0 saturated heterocycles. The summed E-state index contributed by atoms with van der Waals surface area (Å²) in [4.78, 5) is 0. The number of unbranched alkanes of at least 4 members (excludes halogenated alkanes) is 1. The van der Waals surface area contributed by atoms with Gasteiger partial charge in [0.05, 0.1) is 5.75 Å². The van der Waals surface area contributed by atoms with Gasteiger partial charge in [0.2, 0.25) is 10.0 Å². The highest BCUT2D eigenvalue weighted by Crippen LogP contribution is 2.50. The van der Waals surface area contributed by atoms with Crippen molar-refractivity contribution < 1.29 is 8.42 Å². The first-order chi connectivity index (χ1) is 10.5. The third-order valence-corrected chi connectivity index (χ3v) is 6.13. The van der Waals surface area contributed by atoms with Crippen LogP contribution >= 0.6 is 0 Å². The Balaban J connectivity index is 1.82. The third-order valence-electron chi connectivity index (χ3n) is 4.72. The SMILES string of the molecule is CCCCS(=O)(=O)NCC1(c2cn(C)c3ccccc23)CC1. The number of sulfonamides is 1. The van der Waals surface area contributed by atoms with Gasteiger partial charge in [0.25, 0.3) is 0 Å². The van der Waals surface area contributed by atoms with E-state index in [1.807, 2.05) is 26.1 Å². The molecule has 4 nitrogen and oxygen atoms in total. The number of aromatic nitrogens is 1.